The Labute approximate surface area is 525 Å². The van der Waals surface area contributed by atoms with Gasteiger partial charge in [0.2, 0.25) is 0 Å². The molecule has 0 saturated heterocycles. The van der Waals surface area contributed by atoms with E-state index in [0.29, 0.717) is 0 Å². The molecule has 89 heavy (non-hydrogen) atoms. The Kier molecular flexibility index (Phi) is 12.4. The Balaban J connectivity index is 0.723. The third kappa shape index (κ3) is 8.30. The quantitative estimate of drug-likeness (QED) is 0.126. The van der Waals surface area contributed by atoms with Crippen LogP contribution in [0.3, 0.4) is 0 Å². The Morgan fingerprint density at radius 3 is 0.809 bits per heavy atom. The van der Waals surface area contributed by atoms with Crippen LogP contribution >= 0.6 is 0 Å². The minimum atomic E-state index is -0.488. The summed E-state index contributed by atoms with van der Waals surface area (Å²) in [5, 5.41) is 0. The van der Waals surface area contributed by atoms with Gasteiger partial charge < -0.3 is 9.80 Å². The van der Waals surface area contributed by atoms with Gasteiger partial charge in [-0.05, 0) is 222 Å². The molecule has 2 nitrogen and oxygen atoms in total. The molecule has 12 aromatic carbocycles. The molecule has 0 radical (unpaired) electrons. The van der Waals surface area contributed by atoms with Crippen molar-refractivity contribution in [3.05, 3.63) is 344 Å². The maximum atomic E-state index is 2.49. The van der Waals surface area contributed by atoms with Crippen LogP contribution in [0.1, 0.15) is 117 Å². The van der Waals surface area contributed by atoms with Gasteiger partial charge in [-0.25, -0.2) is 0 Å². The van der Waals surface area contributed by atoms with Crippen LogP contribution in [0.2, 0.25) is 0 Å². The zero-order valence-corrected chi connectivity index (χ0v) is 52.0. The second-order valence-electron chi connectivity index (χ2n) is 26.3. The highest BCUT2D eigenvalue weighted by Gasteiger charge is 2.52. The van der Waals surface area contributed by atoms with Crippen LogP contribution in [-0.4, -0.2) is 0 Å². The van der Waals surface area contributed by atoms with Crippen molar-refractivity contribution in [2.24, 2.45) is 0 Å². The van der Waals surface area contributed by atoms with E-state index >= 15 is 0 Å². The number of aryl methyl sites for hydroxylation is 4. The fraction of sp³-hybridized carbons (Fsp3) is 0.126. The van der Waals surface area contributed by atoms with Crippen molar-refractivity contribution >= 4 is 58.4 Å². The van der Waals surface area contributed by atoms with Gasteiger partial charge in [-0.15, -0.1) is 0 Å². The van der Waals surface area contributed by atoms with E-state index < -0.39 is 5.41 Å². The monoisotopic (exact) mass is 1140 g/mol. The Morgan fingerprint density at radius 1 is 0.236 bits per heavy atom. The van der Waals surface area contributed by atoms with Crippen molar-refractivity contribution in [2.45, 2.75) is 71.6 Å². The van der Waals surface area contributed by atoms with E-state index in [1.807, 2.05) is 0 Å². The van der Waals surface area contributed by atoms with E-state index in [1.165, 1.54) is 168 Å². The van der Waals surface area contributed by atoms with Crippen molar-refractivity contribution in [2.75, 3.05) is 9.80 Å². The van der Waals surface area contributed by atoms with Crippen LogP contribution in [0.5, 0.6) is 0 Å². The second-order valence-corrected chi connectivity index (χ2v) is 26.3. The van der Waals surface area contributed by atoms with E-state index in [4.69, 9.17) is 0 Å². The average molecular weight is 1140 g/mol. The molecule has 0 saturated carbocycles. The van der Waals surface area contributed by atoms with Gasteiger partial charge >= 0.3 is 0 Å². The number of anilines is 6. The van der Waals surface area contributed by atoms with Crippen LogP contribution < -0.4 is 9.80 Å². The van der Waals surface area contributed by atoms with Crippen molar-refractivity contribution in [1.29, 1.82) is 0 Å². The lowest BCUT2D eigenvalue weighted by molar-refractivity contribution is 0.660. The molecule has 0 aromatic heterocycles. The number of hydrogen-bond donors (Lipinski definition) is 0. The smallest absolute Gasteiger partial charge is 0.0725 e. The van der Waals surface area contributed by atoms with E-state index in [9.17, 15) is 0 Å². The van der Waals surface area contributed by atoms with Gasteiger partial charge in [0, 0.05) is 45.0 Å². The van der Waals surface area contributed by atoms with Gasteiger partial charge in [-0.2, -0.15) is 0 Å². The summed E-state index contributed by atoms with van der Waals surface area (Å²) in [6, 6.07) is 95.9. The summed E-state index contributed by atoms with van der Waals surface area (Å²) in [6.45, 7) is 18.4. The Bertz CT molecular complexity index is 4580. The third-order valence-electron chi connectivity index (χ3n) is 20.4. The molecule has 1 spiro atoms. The standard InChI is InChI=1S/C87H70N2/c1-55-21-9-17-29-81(55)88(82-30-18-10-22-56(82)2)63-41-47-69-67-43-37-59(49-75(67)85(5,6)77(69)53-63)33-35-61-39-45-71-72-46-40-62(52-80(72)87(79(71)51-61)73-27-15-13-25-65(73)66-26-14-16-28-74(66)87)36-34-60-38-44-68-70-48-42-64(54-78(70)86(7,8)76(68)50-60)89(83-31-19-11-23-57(83)3)84-32-20-12-24-58(84)4/h9-54H,1-8H3. The fourth-order valence-corrected chi connectivity index (χ4v) is 15.8. The number of hydrogen-bond acceptors (Lipinski definition) is 2. The zero-order chi connectivity index (χ0) is 60.5. The summed E-state index contributed by atoms with van der Waals surface area (Å²) in [4.78, 5) is 4.88. The molecule has 428 valence electrons. The van der Waals surface area contributed by atoms with Gasteiger partial charge in [0.05, 0.1) is 5.41 Å². The Hall–Kier alpha value is -10.3. The van der Waals surface area contributed by atoms with Gasteiger partial charge in [-0.1, -0.05) is 246 Å². The molecular weight excluding hydrogens is 1070 g/mol. The topological polar surface area (TPSA) is 6.48 Å². The van der Waals surface area contributed by atoms with Crippen molar-refractivity contribution in [3.63, 3.8) is 0 Å². The first-order chi connectivity index (χ1) is 43.3. The molecular formula is C87H70N2. The zero-order valence-electron chi connectivity index (χ0n) is 52.0. The molecule has 12 aromatic rings. The minimum Gasteiger partial charge on any atom is -0.310 e. The maximum Gasteiger partial charge on any atom is 0.0725 e. The summed E-state index contributed by atoms with van der Waals surface area (Å²) in [5.74, 6) is 0. The first-order valence-corrected chi connectivity index (χ1v) is 31.6. The number of fused-ring (bicyclic) bond motifs is 16. The highest BCUT2D eigenvalue weighted by atomic mass is 15.2. The second kappa shape index (κ2) is 20.4. The first kappa shape index (κ1) is 54.1. The largest absolute Gasteiger partial charge is 0.310 e. The lowest BCUT2D eigenvalue weighted by Gasteiger charge is -2.30. The maximum absolute atomic E-state index is 2.49. The molecule has 0 atom stereocenters. The van der Waals surface area contributed by atoms with Crippen LogP contribution in [0.4, 0.5) is 34.1 Å². The van der Waals surface area contributed by atoms with E-state index in [1.54, 1.807) is 0 Å². The van der Waals surface area contributed by atoms with Crippen LogP contribution in [0.25, 0.3) is 68.8 Å². The molecule has 2 heteroatoms. The van der Waals surface area contributed by atoms with Crippen LogP contribution in [0.15, 0.2) is 255 Å². The fourth-order valence-electron chi connectivity index (χ4n) is 15.8. The highest BCUT2D eigenvalue weighted by molar-refractivity contribution is 5.97. The van der Waals surface area contributed by atoms with Gasteiger partial charge in [0.15, 0.2) is 0 Å². The van der Waals surface area contributed by atoms with Crippen molar-refractivity contribution in [3.8, 4) is 44.5 Å². The van der Waals surface area contributed by atoms with Crippen LogP contribution in [0, 0.1) is 27.7 Å². The minimum absolute atomic E-state index is 0.208. The lowest BCUT2D eigenvalue weighted by Crippen LogP contribution is -2.26. The summed E-state index contributed by atoms with van der Waals surface area (Å²) >= 11 is 0. The number of para-hydroxylation sites is 4. The summed E-state index contributed by atoms with van der Waals surface area (Å²) in [6.07, 6.45) is 9.30. The molecule has 0 bridgehead atoms. The van der Waals surface area contributed by atoms with Crippen LogP contribution in [-0.2, 0) is 16.2 Å². The molecule has 0 fully saturated rings. The molecule has 0 unspecified atom stereocenters. The molecule has 0 N–H and O–H groups in total. The summed E-state index contributed by atoms with van der Waals surface area (Å²) in [5.41, 5.74) is 37.2. The van der Waals surface area contributed by atoms with Crippen molar-refractivity contribution < 1.29 is 0 Å². The SMILES string of the molecule is Cc1ccccc1N(c1ccc2c(c1)C(C)(C)c1cc(C=Cc3ccc4c(c3)C3(c5ccccc5-c5ccccc53)c3cc(C=Cc5ccc6c(c5)C(C)(C)c5cc(N(c7ccccc7C)c7ccccc7C)ccc5-6)ccc3-4)ccc1-2)c1ccccc1C. The molecule has 0 heterocycles. The summed E-state index contributed by atoms with van der Waals surface area (Å²) in [7, 11) is 0. The number of rotatable bonds is 10. The van der Waals surface area contributed by atoms with Gasteiger partial charge in [-0.3, -0.25) is 0 Å². The normalized spacial score (nSPS) is 14.5. The molecule has 16 rings (SSSR count). The van der Waals surface area contributed by atoms with E-state index in [-0.39, 0.29) is 10.8 Å². The molecule has 4 aliphatic carbocycles. The predicted octanol–water partition coefficient (Wildman–Crippen LogP) is 23.2. The number of benzene rings is 12. The molecule has 0 amide bonds. The third-order valence-corrected chi connectivity index (χ3v) is 20.4. The molecule has 4 aliphatic rings. The van der Waals surface area contributed by atoms with Crippen molar-refractivity contribution in [1.82, 2.24) is 0 Å². The number of nitrogens with zero attached hydrogens (tertiary/aromatic N) is 2. The lowest BCUT2D eigenvalue weighted by atomic mass is 9.70. The predicted molar refractivity (Wildman–Crippen MR) is 377 cm³/mol. The van der Waals surface area contributed by atoms with Gasteiger partial charge in [0.1, 0.15) is 0 Å². The van der Waals surface area contributed by atoms with E-state index in [2.05, 4.69) is 344 Å². The van der Waals surface area contributed by atoms with E-state index in [0.717, 1.165) is 0 Å². The summed E-state index contributed by atoms with van der Waals surface area (Å²) < 4.78 is 0. The average Bonchev–Trinajstić information content (AvgIpc) is 1.52. The highest BCUT2D eigenvalue weighted by Crippen LogP contribution is 2.63. The Morgan fingerprint density at radius 2 is 0.483 bits per heavy atom. The van der Waals surface area contributed by atoms with Gasteiger partial charge in [0.25, 0.3) is 0 Å². The molecule has 0 aliphatic heterocycles. The first-order valence-electron chi connectivity index (χ1n) is 31.6.